The molecule has 6 heteroatoms. The minimum atomic E-state index is -0.373. The second-order valence-electron chi connectivity index (χ2n) is 11.8. The maximum atomic E-state index is 5.13. The highest BCUT2D eigenvalue weighted by atomic mass is 32.1. The number of allylic oxidation sites excluding steroid dienone is 1. The molecule has 43 heavy (non-hydrogen) atoms. The van der Waals surface area contributed by atoms with Crippen LogP contribution < -0.4 is 9.13 Å². The van der Waals surface area contributed by atoms with Crippen molar-refractivity contribution >= 4 is 48.6 Å². The second-order valence-corrected chi connectivity index (χ2v) is 12.8. The van der Waals surface area contributed by atoms with Crippen LogP contribution in [0.3, 0.4) is 0 Å². The van der Waals surface area contributed by atoms with Crippen LogP contribution in [0.1, 0.15) is 44.1 Å². The number of rotatable bonds is 3. The van der Waals surface area contributed by atoms with E-state index in [0.717, 1.165) is 30.2 Å². The van der Waals surface area contributed by atoms with Gasteiger partial charge in [-0.2, -0.15) is 14.2 Å². The van der Waals surface area contributed by atoms with Crippen molar-refractivity contribution < 1.29 is 9.13 Å². The van der Waals surface area contributed by atoms with Crippen molar-refractivity contribution in [2.75, 3.05) is 0 Å². The van der Waals surface area contributed by atoms with Crippen molar-refractivity contribution in [2.45, 2.75) is 45.2 Å². The minimum Gasteiger partial charge on any atom is -0.230 e. The predicted octanol–water partition coefficient (Wildman–Crippen LogP) is 7.99. The molecule has 0 radical (unpaired) electrons. The van der Waals surface area contributed by atoms with E-state index >= 15 is 0 Å². The Morgan fingerprint density at radius 3 is 2.53 bits per heavy atom. The van der Waals surface area contributed by atoms with Crippen LogP contribution in [0, 0.1) is 6.92 Å². The van der Waals surface area contributed by atoms with Crippen molar-refractivity contribution in [1.29, 1.82) is 0 Å². The lowest BCUT2D eigenvalue weighted by Gasteiger charge is -2.34. The maximum Gasteiger partial charge on any atom is 0.255 e. The van der Waals surface area contributed by atoms with Gasteiger partial charge in [-0.05, 0) is 56.2 Å². The van der Waals surface area contributed by atoms with E-state index in [1.54, 1.807) is 0 Å². The lowest BCUT2D eigenvalue weighted by Crippen LogP contribution is -2.47. The minimum absolute atomic E-state index is 0.0184. The fourth-order valence-electron chi connectivity index (χ4n) is 7.80. The average Bonchev–Trinajstić information content (AvgIpc) is 3.70. The summed E-state index contributed by atoms with van der Waals surface area (Å²) in [6.07, 6.45) is 6.35. The highest BCUT2D eigenvalue weighted by Gasteiger charge is 2.53. The van der Waals surface area contributed by atoms with Gasteiger partial charge in [0.05, 0.1) is 16.7 Å². The molecular formula is C37H31N5S+2. The Balaban J connectivity index is 1.46. The van der Waals surface area contributed by atoms with E-state index in [9.17, 15) is 0 Å². The molecule has 0 saturated heterocycles. The number of aromatic nitrogens is 5. The van der Waals surface area contributed by atoms with E-state index < -0.39 is 0 Å². The Hall–Kier alpha value is -4.68. The van der Waals surface area contributed by atoms with Crippen molar-refractivity contribution in [3.05, 3.63) is 114 Å². The number of pyridine rings is 2. The van der Waals surface area contributed by atoms with E-state index in [1.165, 1.54) is 53.5 Å². The lowest BCUT2D eigenvalue weighted by molar-refractivity contribution is -0.665. The first-order valence-corrected chi connectivity index (χ1v) is 16.0. The number of hydrogen-bond acceptors (Lipinski definition) is 3. The highest BCUT2D eigenvalue weighted by Crippen LogP contribution is 2.51. The summed E-state index contributed by atoms with van der Waals surface area (Å²) in [6, 6.07) is 33.4. The van der Waals surface area contributed by atoms with Crippen LogP contribution in [-0.4, -0.2) is 14.8 Å². The van der Waals surface area contributed by atoms with E-state index in [-0.39, 0.29) is 11.6 Å². The van der Waals surface area contributed by atoms with E-state index in [2.05, 4.69) is 131 Å². The zero-order valence-electron chi connectivity index (χ0n) is 24.5. The molecule has 0 N–H and O–H groups in total. The van der Waals surface area contributed by atoms with Crippen LogP contribution in [0.5, 0.6) is 0 Å². The molecule has 5 nitrogen and oxygen atoms in total. The molecule has 208 valence electrons. The number of aryl methyl sites for hydroxylation is 1. The molecule has 0 spiro atoms. The fraction of sp³-hybridized carbons (Fsp3) is 0.189. The van der Waals surface area contributed by atoms with Gasteiger partial charge in [-0.1, -0.05) is 44.2 Å². The summed E-state index contributed by atoms with van der Waals surface area (Å²) in [6.45, 7) is 6.62. The molecule has 3 aromatic carbocycles. The Kier molecular flexibility index (Phi) is 5.16. The zero-order valence-corrected chi connectivity index (χ0v) is 25.3. The summed E-state index contributed by atoms with van der Waals surface area (Å²) < 4.78 is 9.79. The van der Waals surface area contributed by atoms with E-state index in [4.69, 9.17) is 10.1 Å². The van der Waals surface area contributed by atoms with Crippen molar-refractivity contribution in [2.24, 2.45) is 0 Å². The lowest BCUT2D eigenvalue weighted by atomic mass is 9.78. The average molecular weight is 578 g/mol. The van der Waals surface area contributed by atoms with Gasteiger partial charge in [-0.15, -0.1) is 11.3 Å². The molecule has 7 aromatic rings. The summed E-state index contributed by atoms with van der Waals surface area (Å²) in [7, 11) is 0. The Labute approximate surface area is 254 Å². The first kappa shape index (κ1) is 24.9. The van der Waals surface area contributed by atoms with Gasteiger partial charge in [0.1, 0.15) is 5.82 Å². The Bertz CT molecular complexity index is 2300. The summed E-state index contributed by atoms with van der Waals surface area (Å²) >= 11 is 1.89. The summed E-state index contributed by atoms with van der Waals surface area (Å²) in [4.78, 5) is 5.00. The van der Waals surface area contributed by atoms with Gasteiger partial charge in [0.2, 0.25) is 23.1 Å². The largest absolute Gasteiger partial charge is 0.255 e. The molecule has 0 bridgehead atoms. The molecule has 2 aliphatic rings. The van der Waals surface area contributed by atoms with Crippen LogP contribution >= 0.6 is 11.3 Å². The molecule has 4 aromatic heterocycles. The highest BCUT2D eigenvalue weighted by molar-refractivity contribution is 7.25. The Morgan fingerprint density at radius 1 is 0.837 bits per heavy atom. The van der Waals surface area contributed by atoms with E-state index in [1.807, 2.05) is 18.3 Å². The summed E-state index contributed by atoms with van der Waals surface area (Å²) in [5.41, 5.74) is 7.24. The van der Waals surface area contributed by atoms with Gasteiger partial charge in [0.25, 0.3) is 5.69 Å². The van der Waals surface area contributed by atoms with Gasteiger partial charge in [0, 0.05) is 55.4 Å². The number of fused-ring (bicyclic) bond motifs is 12. The smallest absolute Gasteiger partial charge is 0.230 e. The van der Waals surface area contributed by atoms with Gasteiger partial charge < -0.3 is 0 Å². The molecule has 6 heterocycles. The van der Waals surface area contributed by atoms with Gasteiger partial charge in [-0.3, -0.25) is 0 Å². The SMILES string of the molecule is CCC1(CC)C(C2c3ccc4sc5ccccc5c4c3-c3ccc4ccccc4[n+]32)=C[n+]2ccccc2-c2nc(C)nn21. The summed E-state index contributed by atoms with van der Waals surface area (Å²) in [5, 5.41) is 9.07. The third kappa shape index (κ3) is 3.22. The quantitative estimate of drug-likeness (QED) is 0.200. The van der Waals surface area contributed by atoms with Crippen LogP contribution in [0.2, 0.25) is 0 Å². The number of para-hydroxylation sites is 1. The van der Waals surface area contributed by atoms with Crippen molar-refractivity contribution in [3.8, 4) is 22.8 Å². The number of benzene rings is 3. The normalized spacial score (nSPS) is 16.5. The third-order valence-electron chi connectivity index (χ3n) is 9.78. The Morgan fingerprint density at radius 2 is 1.65 bits per heavy atom. The monoisotopic (exact) mass is 577 g/mol. The van der Waals surface area contributed by atoms with Crippen LogP contribution in [0.25, 0.3) is 60.1 Å². The van der Waals surface area contributed by atoms with Crippen molar-refractivity contribution in [3.63, 3.8) is 0 Å². The number of hydrogen-bond donors (Lipinski definition) is 0. The second kappa shape index (κ2) is 8.91. The van der Waals surface area contributed by atoms with E-state index in [0.29, 0.717) is 0 Å². The molecule has 1 unspecified atom stereocenters. The molecule has 2 aliphatic heterocycles. The standard InChI is InChI=1S/C37H31N5S/c1-4-37(5-2)27(22-40-21-11-10-15-30(40)36-38-23(3)39-42(36)37)35-26-18-20-32-34(25-13-7-9-16-31(25)43-32)33(26)29-19-17-24-12-6-8-14-28(24)41(29)35/h6-22,35H,4-5H2,1-3H3/q+2. The molecule has 9 rings (SSSR count). The van der Waals surface area contributed by atoms with Crippen LogP contribution in [-0.2, 0) is 5.54 Å². The molecule has 1 atom stereocenters. The number of nitrogens with zero attached hydrogens (tertiary/aromatic N) is 5. The zero-order chi connectivity index (χ0) is 28.9. The molecular weight excluding hydrogens is 547 g/mol. The van der Waals surface area contributed by atoms with Crippen LogP contribution in [0.4, 0.5) is 0 Å². The molecule has 0 saturated carbocycles. The van der Waals surface area contributed by atoms with Gasteiger partial charge in [-0.25, -0.2) is 9.67 Å². The first-order valence-electron chi connectivity index (χ1n) is 15.2. The fourth-order valence-corrected chi connectivity index (χ4v) is 8.92. The van der Waals surface area contributed by atoms with Crippen molar-refractivity contribution in [1.82, 2.24) is 14.8 Å². The molecule has 0 fully saturated rings. The topological polar surface area (TPSA) is 38.5 Å². The maximum absolute atomic E-state index is 5.13. The molecule has 0 aliphatic carbocycles. The predicted molar refractivity (Wildman–Crippen MR) is 174 cm³/mol. The first-order chi connectivity index (χ1) is 21.1. The molecule has 0 amide bonds. The van der Waals surface area contributed by atoms with Gasteiger partial charge in [0.15, 0.2) is 12.4 Å². The third-order valence-corrected chi connectivity index (χ3v) is 10.9. The van der Waals surface area contributed by atoms with Crippen LogP contribution in [0.15, 0.2) is 103 Å². The van der Waals surface area contributed by atoms with Gasteiger partial charge >= 0.3 is 0 Å². The number of thiophene rings is 1. The summed E-state index contributed by atoms with van der Waals surface area (Å²) in [5.74, 6) is 1.73.